The fourth-order valence-electron chi connectivity index (χ4n) is 1.72. The number of rotatable bonds is 5. The normalized spacial score (nSPS) is 11.5. The van der Waals surface area contributed by atoms with Crippen molar-refractivity contribution in [3.05, 3.63) is 64.1 Å². The van der Waals surface area contributed by atoms with Gasteiger partial charge in [0.05, 0.1) is 4.90 Å². The number of nitrogens with one attached hydrogen (secondary N) is 1. The van der Waals surface area contributed by atoms with Gasteiger partial charge in [-0.25, -0.2) is 13.1 Å². The second-order valence-electron chi connectivity index (χ2n) is 4.23. The Kier molecular flexibility index (Phi) is 5.05. The van der Waals surface area contributed by atoms with Gasteiger partial charge in [0.15, 0.2) is 0 Å². The number of halogens is 2. The van der Waals surface area contributed by atoms with Crippen molar-refractivity contribution in [2.24, 2.45) is 0 Å². The molecule has 0 saturated carbocycles. The molecule has 0 aromatic heterocycles. The zero-order chi connectivity index (χ0) is 14.6. The van der Waals surface area contributed by atoms with Crippen LogP contribution in [-0.2, 0) is 16.4 Å². The Bertz CT molecular complexity index is 685. The number of hydrogen-bond acceptors (Lipinski definition) is 2. The molecule has 2 aromatic carbocycles. The summed E-state index contributed by atoms with van der Waals surface area (Å²) in [7, 11) is -3.50. The summed E-state index contributed by atoms with van der Waals surface area (Å²) in [6.07, 6.45) is 0.577. The third kappa shape index (κ3) is 4.21. The van der Waals surface area contributed by atoms with Gasteiger partial charge in [-0.05, 0) is 48.4 Å². The molecule has 0 spiro atoms. The first kappa shape index (κ1) is 15.3. The van der Waals surface area contributed by atoms with E-state index in [0.29, 0.717) is 23.0 Å². The summed E-state index contributed by atoms with van der Waals surface area (Å²) in [4.78, 5) is 0.202. The summed E-state index contributed by atoms with van der Waals surface area (Å²) in [6, 6.07) is 13.4. The average Bonchev–Trinajstić information content (AvgIpc) is 2.39. The quantitative estimate of drug-likeness (QED) is 0.912. The molecule has 20 heavy (non-hydrogen) atoms. The lowest BCUT2D eigenvalue weighted by Crippen LogP contribution is -2.25. The summed E-state index contributed by atoms with van der Waals surface area (Å²) in [5, 5.41) is 1.14. The van der Waals surface area contributed by atoms with Crippen molar-refractivity contribution in [1.82, 2.24) is 4.72 Å². The van der Waals surface area contributed by atoms with Gasteiger partial charge in [0.1, 0.15) is 0 Å². The molecule has 2 aromatic rings. The first-order valence-corrected chi connectivity index (χ1v) is 8.21. The number of hydrogen-bond donors (Lipinski definition) is 1. The van der Waals surface area contributed by atoms with Crippen molar-refractivity contribution in [2.45, 2.75) is 11.3 Å². The van der Waals surface area contributed by atoms with E-state index in [-0.39, 0.29) is 4.90 Å². The minimum atomic E-state index is -3.50. The standard InChI is InChI=1S/C14H13Cl2NO2S/c15-12-4-6-14(7-5-12)20(18,19)17-9-8-11-2-1-3-13(16)10-11/h1-7,10,17H,8-9H2. The zero-order valence-corrected chi connectivity index (χ0v) is 12.8. The lowest BCUT2D eigenvalue weighted by molar-refractivity contribution is 0.581. The maximum atomic E-state index is 12.0. The predicted molar refractivity (Wildman–Crippen MR) is 81.8 cm³/mol. The molecule has 106 valence electrons. The highest BCUT2D eigenvalue weighted by atomic mass is 35.5. The van der Waals surface area contributed by atoms with Gasteiger partial charge in [0, 0.05) is 16.6 Å². The van der Waals surface area contributed by atoms with E-state index in [1.54, 1.807) is 18.2 Å². The summed E-state index contributed by atoms with van der Waals surface area (Å²) in [6.45, 7) is 0.311. The van der Waals surface area contributed by atoms with Crippen LogP contribution >= 0.6 is 23.2 Å². The number of benzene rings is 2. The van der Waals surface area contributed by atoms with Crippen LogP contribution in [0.4, 0.5) is 0 Å². The molecule has 0 atom stereocenters. The van der Waals surface area contributed by atoms with Crippen LogP contribution in [0.3, 0.4) is 0 Å². The summed E-state index contributed by atoms with van der Waals surface area (Å²) in [5.74, 6) is 0. The Balaban J connectivity index is 1.98. The van der Waals surface area contributed by atoms with Gasteiger partial charge in [0.2, 0.25) is 10.0 Å². The molecule has 3 nitrogen and oxygen atoms in total. The van der Waals surface area contributed by atoms with Crippen LogP contribution < -0.4 is 4.72 Å². The van der Waals surface area contributed by atoms with Crippen LogP contribution in [0.15, 0.2) is 53.4 Å². The van der Waals surface area contributed by atoms with Crippen molar-refractivity contribution in [1.29, 1.82) is 0 Å². The summed E-state index contributed by atoms with van der Waals surface area (Å²) >= 11 is 11.6. The fourth-order valence-corrected chi connectivity index (χ4v) is 3.09. The molecule has 0 radical (unpaired) electrons. The van der Waals surface area contributed by atoms with Crippen LogP contribution in [0.2, 0.25) is 10.0 Å². The molecule has 0 amide bonds. The molecule has 0 bridgehead atoms. The Labute approximate surface area is 128 Å². The molecule has 0 heterocycles. The molecule has 0 fully saturated rings. The molecule has 2 rings (SSSR count). The van der Waals surface area contributed by atoms with Crippen molar-refractivity contribution >= 4 is 33.2 Å². The third-order valence-electron chi connectivity index (χ3n) is 2.72. The molecule has 0 aliphatic carbocycles. The van der Waals surface area contributed by atoms with Crippen molar-refractivity contribution in [2.75, 3.05) is 6.54 Å². The Morgan fingerprint density at radius 3 is 2.30 bits per heavy atom. The van der Waals surface area contributed by atoms with Crippen LogP contribution in [0.5, 0.6) is 0 Å². The molecular weight excluding hydrogens is 317 g/mol. The Morgan fingerprint density at radius 2 is 1.65 bits per heavy atom. The average molecular weight is 330 g/mol. The van der Waals surface area contributed by atoms with Crippen LogP contribution in [0, 0.1) is 0 Å². The predicted octanol–water partition coefficient (Wildman–Crippen LogP) is 3.51. The van der Waals surface area contributed by atoms with Crippen molar-refractivity contribution < 1.29 is 8.42 Å². The highest BCUT2D eigenvalue weighted by molar-refractivity contribution is 7.89. The van der Waals surface area contributed by atoms with Gasteiger partial charge in [-0.3, -0.25) is 0 Å². The van der Waals surface area contributed by atoms with Crippen LogP contribution in [0.1, 0.15) is 5.56 Å². The smallest absolute Gasteiger partial charge is 0.211 e. The van der Waals surface area contributed by atoms with E-state index in [1.807, 2.05) is 18.2 Å². The maximum absolute atomic E-state index is 12.0. The van der Waals surface area contributed by atoms with E-state index in [0.717, 1.165) is 5.56 Å². The van der Waals surface area contributed by atoms with E-state index < -0.39 is 10.0 Å². The van der Waals surface area contributed by atoms with Gasteiger partial charge in [-0.1, -0.05) is 35.3 Å². The molecular formula is C14H13Cl2NO2S. The fraction of sp³-hybridized carbons (Fsp3) is 0.143. The Hall–Kier alpha value is -1.07. The first-order chi connectivity index (χ1) is 9.47. The second-order valence-corrected chi connectivity index (χ2v) is 6.87. The molecule has 1 N–H and O–H groups in total. The van der Waals surface area contributed by atoms with Crippen LogP contribution in [-0.4, -0.2) is 15.0 Å². The largest absolute Gasteiger partial charge is 0.240 e. The first-order valence-electron chi connectivity index (χ1n) is 5.97. The molecule has 0 saturated heterocycles. The van der Waals surface area contributed by atoms with E-state index >= 15 is 0 Å². The number of sulfonamides is 1. The second kappa shape index (κ2) is 6.59. The minimum Gasteiger partial charge on any atom is -0.211 e. The monoisotopic (exact) mass is 329 g/mol. The van der Waals surface area contributed by atoms with E-state index in [2.05, 4.69) is 4.72 Å². The van der Waals surface area contributed by atoms with Crippen molar-refractivity contribution in [3.63, 3.8) is 0 Å². The zero-order valence-electron chi connectivity index (χ0n) is 10.5. The highest BCUT2D eigenvalue weighted by Crippen LogP contribution is 2.14. The highest BCUT2D eigenvalue weighted by Gasteiger charge is 2.12. The molecule has 0 unspecified atom stereocenters. The maximum Gasteiger partial charge on any atom is 0.240 e. The SMILES string of the molecule is O=S(=O)(NCCc1cccc(Cl)c1)c1ccc(Cl)cc1. The summed E-state index contributed by atoms with van der Waals surface area (Å²) in [5.41, 5.74) is 0.983. The van der Waals surface area contributed by atoms with Crippen molar-refractivity contribution in [3.8, 4) is 0 Å². The lowest BCUT2D eigenvalue weighted by atomic mass is 10.2. The molecule has 6 heteroatoms. The lowest BCUT2D eigenvalue weighted by Gasteiger charge is -2.07. The topological polar surface area (TPSA) is 46.2 Å². The minimum absolute atomic E-state index is 0.202. The van der Waals surface area contributed by atoms with Gasteiger partial charge in [-0.2, -0.15) is 0 Å². The van der Waals surface area contributed by atoms with Gasteiger partial charge < -0.3 is 0 Å². The Morgan fingerprint density at radius 1 is 0.950 bits per heavy atom. The van der Waals surface area contributed by atoms with Gasteiger partial charge in [0.25, 0.3) is 0 Å². The van der Waals surface area contributed by atoms with E-state index in [4.69, 9.17) is 23.2 Å². The summed E-state index contributed by atoms with van der Waals surface area (Å²) < 4.78 is 26.6. The molecule has 0 aliphatic rings. The van der Waals surface area contributed by atoms with E-state index in [9.17, 15) is 8.42 Å². The molecule has 0 aliphatic heterocycles. The van der Waals surface area contributed by atoms with Gasteiger partial charge in [-0.15, -0.1) is 0 Å². The van der Waals surface area contributed by atoms with Crippen LogP contribution in [0.25, 0.3) is 0 Å². The van der Waals surface area contributed by atoms with E-state index in [1.165, 1.54) is 12.1 Å². The van der Waals surface area contributed by atoms with Gasteiger partial charge >= 0.3 is 0 Å². The third-order valence-corrected chi connectivity index (χ3v) is 4.68.